The average molecular weight is 385 g/mol. The van der Waals surface area contributed by atoms with Crippen LogP contribution in [0.5, 0.6) is 0 Å². The first kappa shape index (κ1) is 17.7. The summed E-state index contributed by atoms with van der Waals surface area (Å²) in [7, 11) is 0. The van der Waals surface area contributed by atoms with Crippen LogP contribution in [-0.4, -0.2) is 28.1 Å². The molecule has 0 aromatic heterocycles. The molecule has 0 amide bonds. The molecule has 0 aromatic rings. The Hall–Kier alpha value is -1.16. The van der Waals surface area contributed by atoms with Crippen molar-refractivity contribution in [2.24, 2.45) is 40.4 Å². The van der Waals surface area contributed by atoms with Gasteiger partial charge in [-0.2, -0.15) is 0 Å². The Morgan fingerprint density at radius 2 is 1.89 bits per heavy atom. The van der Waals surface area contributed by atoms with Crippen molar-refractivity contribution in [2.45, 2.75) is 83.3 Å². The first-order chi connectivity index (χ1) is 13.2. The fraction of sp³-hybridized carbons (Fsp3) is 0.833. The standard InChI is InChI=1S/C24H32O4/c1-13-11-23(27)12-14(25)4-7-21(23,2)16-5-8-22(3)20(19(13)16)15-10-17(15)24(22)9-6-18(26)28-24/h10,13,15-16,19-20,27H,4-9,11-12H2,1-3H3/t13-,15-,16?,19?,20?,21-,22+,23+,24+/m1/s1. The van der Waals surface area contributed by atoms with Crippen molar-refractivity contribution in [3.05, 3.63) is 11.6 Å². The van der Waals surface area contributed by atoms with Crippen LogP contribution in [0.4, 0.5) is 0 Å². The number of carbonyl (C=O) groups excluding carboxylic acids is 2. The SMILES string of the molecule is C[C@@H]1C[C@]2(O)CC(=O)CC[C@]2(C)C2CC[C@@]3(C)C(C21)[C@@H]1C=C1[C@@]31CCC(=O)O1. The number of fused-ring (bicyclic) bond motifs is 9. The summed E-state index contributed by atoms with van der Waals surface area (Å²) in [6.07, 6.45) is 8.44. The smallest absolute Gasteiger partial charge is 0.306 e. The van der Waals surface area contributed by atoms with Crippen molar-refractivity contribution in [3.8, 4) is 0 Å². The number of ketones is 1. The van der Waals surface area contributed by atoms with Gasteiger partial charge in [0.25, 0.3) is 0 Å². The van der Waals surface area contributed by atoms with E-state index in [9.17, 15) is 14.7 Å². The lowest BCUT2D eigenvalue weighted by Gasteiger charge is -2.65. The van der Waals surface area contributed by atoms with Crippen LogP contribution in [-0.2, 0) is 14.3 Å². The highest BCUT2D eigenvalue weighted by Gasteiger charge is 2.77. The number of carbonyl (C=O) groups is 2. The van der Waals surface area contributed by atoms with Gasteiger partial charge in [0.2, 0.25) is 0 Å². The maximum atomic E-state index is 12.2. The Balaban J connectivity index is 1.42. The number of hydrogen-bond donors (Lipinski definition) is 1. The maximum Gasteiger partial charge on any atom is 0.306 e. The molecule has 4 nitrogen and oxygen atoms in total. The zero-order chi connectivity index (χ0) is 19.7. The van der Waals surface area contributed by atoms with Crippen LogP contribution in [0.25, 0.3) is 0 Å². The van der Waals surface area contributed by atoms with E-state index < -0.39 is 5.60 Å². The predicted octanol–water partition coefficient (Wildman–Crippen LogP) is 3.81. The lowest BCUT2D eigenvalue weighted by atomic mass is 9.40. The van der Waals surface area contributed by atoms with Crippen LogP contribution in [0.15, 0.2) is 11.6 Å². The zero-order valence-electron chi connectivity index (χ0n) is 17.3. The third-order valence-corrected chi connectivity index (χ3v) is 10.6. The second-order valence-corrected chi connectivity index (χ2v) is 11.5. The minimum absolute atomic E-state index is 0.0274. The lowest BCUT2D eigenvalue weighted by molar-refractivity contribution is -0.229. The topological polar surface area (TPSA) is 63.6 Å². The lowest BCUT2D eigenvalue weighted by Crippen LogP contribution is -2.65. The first-order valence-corrected chi connectivity index (χ1v) is 11.3. The minimum atomic E-state index is -0.841. The molecule has 9 atom stereocenters. The van der Waals surface area contributed by atoms with Gasteiger partial charge in [-0.3, -0.25) is 9.59 Å². The van der Waals surface area contributed by atoms with E-state index in [1.807, 2.05) is 0 Å². The molecule has 5 fully saturated rings. The van der Waals surface area contributed by atoms with Gasteiger partial charge >= 0.3 is 5.97 Å². The van der Waals surface area contributed by atoms with E-state index in [1.165, 1.54) is 5.57 Å². The van der Waals surface area contributed by atoms with E-state index in [0.29, 0.717) is 48.9 Å². The molecule has 1 heterocycles. The second-order valence-electron chi connectivity index (χ2n) is 11.5. The summed E-state index contributed by atoms with van der Waals surface area (Å²) in [5.74, 6) is 2.59. The van der Waals surface area contributed by atoms with Crippen molar-refractivity contribution in [1.82, 2.24) is 0 Å². The summed E-state index contributed by atoms with van der Waals surface area (Å²) in [6.45, 7) is 6.96. The fourth-order valence-electron chi connectivity index (χ4n) is 9.20. The number of allylic oxidation sites excluding steroid dienone is 1. The molecular formula is C24H32O4. The van der Waals surface area contributed by atoms with E-state index in [0.717, 1.165) is 32.1 Å². The van der Waals surface area contributed by atoms with Gasteiger partial charge in [-0.1, -0.05) is 26.8 Å². The third kappa shape index (κ3) is 1.75. The van der Waals surface area contributed by atoms with Gasteiger partial charge in [0.05, 0.1) is 5.60 Å². The van der Waals surface area contributed by atoms with Crippen molar-refractivity contribution >= 4 is 11.8 Å². The van der Waals surface area contributed by atoms with E-state index >= 15 is 0 Å². The number of rotatable bonds is 0. The molecule has 1 N–H and O–H groups in total. The molecular weight excluding hydrogens is 352 g/mol. The van der Waals surface area contributed by atoms with Gasteiger partial charge in [0, 0.05) is 42.4 Å². The maximum absolute atomic E-state index is 12.2. The quantitative estimate of drug-likeness (QED) is 0.509. The Kier molecular flexibility index (Phi) is 3.12. The van der Waals surface area contributed by atoms with Crippen LogP contribution in [0.1, 0.15) is 72.1 Å². The molecule has 4 saturated carbocycles. The highest BCUT2D eigenvalue weighted by Crippen LogP contribution is 2.77. The van der Waals surface area contributed by atoms with Gasteiger partial charge in [-0.25, -0.2) is 0 Å². The van der Waals surface area contributed by atoms with Gasteiger partial charge in [-0.05, 0) is 54.9 Å². The number of ether oxygens (including phenoxy) is 1. The molecule has 1 saturated heterocycles. The highest BCUT2D eigenvalue weighted by molar-refractivity contribution is 5.81. The Bertz CT molecular complexity index is 830. The van der Waals surface area contributed by atoms with E-state index in [2.05, 4.69) is 26.8 Å². The number of esters is 1. The third-order valence-electron chi connectivity index (χ3n) is 10.6. The Labute approximate surface area is 167 Å². The molecule has 1 aliphatic heterocycles. The van der Waals surface area contributed by atoms with Crippen LogP contribution < -0.4 is 0 Å². The van der Waals surface area contributed by atoms with E-state index in [1.54, 1.807) is 0 Å². The second kappa shape index (κ2) is 4.94. The average Bonchev–Trinajstić information content (AvgIpc) is 3.26. The molecule has 1 spiro atoms. The van der Waals surface area contributed by atoms with Crippen molar-refractivity contribution in [2.75, 3.05) is 0 Å². The fourth-order valence-corrected chi connectivity index (χ4v) is 9.20. The summed E-state index contributed by atoms with van der Waals surface area (Å²) in [5.41, 5.74) is 0.0768. The molecule has 0 radical (unpaired) electrons. The Morgan fingerprint density at radius 1 is 1.11 bits per heavy atom. The summed E-state index contributed by atoms with van der Waals surface area (Å²) in [6, 6.07) is 0. The molecule has 0 aromatic carbocycles. The molecule has 3 unspecified atom stereocenters. The van der Waals surface area contributed by atoms with Crippen molar-refractivity contribution < 1.29 is 19.4 Å². The van der Waals surface area contributed by atoms with Crippen molar-refractivity contribution in [3.63, 3.8) is 0 Å². The number of hydrogen-bond acceptors (Lipinski definition) is 4. The summed E-state index contributed by atoms with van der Waals surface area (Å²) in [5, 5.41) is 11.6. The summed E-state index contributed by atoms with van der Waals surface area (Å²) >= 11 is 0. The van der Waals surface area contributed by atoms with Gasteiger partial charge < -0.3 is 9.84 Å². The number of Topliss-reactive ketones (excluding diaryl/α,β-unsaturated/α-hetero) is 1. The highest BCUT2D eigenvalue weighted by atomic mass is 16.6. The normalized spacial score (nSPS) is 59.1. The number of aliphatic hydroxyl groups is 1. The zero-order valence-corrected chi connectivity index (χ0v) is 17.3. The van der Waals surface area contributed by atoms with Gasteiger partial charge in [0.1, 0.15) is 11.4 Å². The molecule has 4 heteroatoms. The molecule has 28 heavy (non-hydrogen) atoms. The first-order valence-electron chi connectivity index (χ1n) is 11.3. The molecule has 5 aliphatic carbocycles. The van der Waals surface area contributed by atoms with E-state index in [4.69, 9.17) is 4.74 Å². The van der Waals surface area contributed by atoms with Crippen LogP contribution in [0.3, 0.4) is 0 Å². The predicted molar refractivity (Wildman–Crippen MR) is 103 cm³/mol. The van der Waals surface area contributed by atoms with Crippen LogP contribution in [0, 0.1) is 40.4 Å². The van der Waals surface area contributed by atoms with Crippen molar-refractivity contribution in [1.29, 1.82) is 0 Å². The van der Waals surface area contributed by atoms with Crippen LogP contribution in [0.2, 0.25) is 0 Å². The summed E-state index contributed by atoms with van der Waals surface area (Å²) in [4.78, 5) is 24.3. The molecule has 6 aliphatic rings. The monoisotopic (exact) mass is 384 g/mol. The Morgan fingerprint density at radius 3 is 2.61 bits per heavy atom. The molecule has 152 valence electrons. The molecule has 6 rings (SSSR count). The summed E-state index contributed by atoms with van der Waals surface area (Å²) < 4.78 is 6.12. The van der Waals surface area contributed by atoms with Gasteiger partial charge in [0.15, 0.2) is 0 Å². The minimum Gasteiger partial charge on any atom is -0.454 e. The van der Waals surface area contributed by atoms with Crippen LogP contribution >= 0.6 is 0 Å². The van der Waals surface area contributed by atoms with E-state index in [-0.39, 0.29) is 28.2 Å². The largest absolute Gasteiger partial charge is 0.454 e. The van der Waals surface area contributed by atoms with Gasteiger partial charge in [-0.15, -0.1) is 0 Å². The molecule has 0 bridgehead atoms.